The first-order valence-electron chi connectivity index (χ1n) is 12.0. The number of para-hydroxylation sites is 2. The third kappa shape index (κ3) is 5.87. The predicted molar refractivity (Wildman–Crippen MR) is 154 cm³/mol. The largest absolute Gasteiger partial charge is 0.494 e. The van der Waals surface area contributed by atoms with Crippen molar-refractivity contribution in [1.29, 1.82) is 5.26 Å². The Hall–Kier alpha value is -4.96. The summed E-state index contributed by atoms with van der Waals surface area (Å²) in [5, 5.41) is 33.9. The number of nitrogens with zero attached hydrogens (tertiary/aromatic N) is 6. The Morgan fingerprint density at radius 2 is 1.86 bits per heavy atom. The summed E-state index contributed by atoms with van der Waals surface area (Å²) in [5.41, 5.74) is 3.73. The molecular formula is C26H19N7O8S2. The number of anilines is 1. The molecular weight excluding hydrogens is 602 g/mol. The number of nitrogens with one attached hydrogen (secondary N) is 1. The zero-order valence-electron chi connectivity index (χ0n) is 22.1. The van der Waals surface area contributed by atoms with Crippen molar-refractivity contribution in [3.05, 3.63) is 72.1 Å². The molecule has 3 N–H and O–H groups in total. The Balaban J connectivity index is 1.52. The summed E-state index contributed by atoms with van der Waals surface area (Å²) in [5.74, 6) is -0.373. The van der Waals surface area contributed by atoms with E-state index in [1.165, 1.54) is 24.7 Å². The standard InChI is InChI=1S/C26H19N7O8S2/c1-14-17(13-27)25-28-18-5-3-4-6-21(18)33(25)26(34)24(14)32-31-20-11-22(39-2)19(12-23(20)43(36,37)38)30-29-15-7-9-16(10-8-15)42-41-40-35/h3-12,31,35H,1-2H3,(H,36,37,38)/b30-29?,32-24+. The van der Waals surface area contributed by atoms with E-state index in [0.29, 0.717) is 21.6 Å². The maximum atomic E-state index is 13.5. The van der Waals surface area contributed by atoms with Gasteiger partial charge in [-0.15, -0.1) is 9.45 Å². The highest BCUT2D eigenvalue weighted by Gasteiger charge is 2.32. The minimum Gasteiger partial charge on any atom is -0.494 e. The molecule has 0 atom stereocenters. The van der Waals surface area contributed by atoms with E-state index in [4.69, 9.17) is 9.99 Å². The number of hydrogen-bond acceptors (Lipinski definition) is 14. The number of hydrazone groups is 1. The number of carbonyl (C=O) groups is 1. The molecule has 0 spiro atoms. The average molecular weight is 622 g/mol. The number of imidazole rings is 1. The normalized spacial score (nSPS) is 14.4. The van der Waals surface area contributed by atoms with Crippen molar-refractivity contribution < 1.29 is 37.1 Å². The van der Waals surface area contributed by atoms with Gasteiger partial charge in [-0.05, 0) is 49.4 Å². The molecule has 1 aliphatic rings. The second-order valence-electron chi connectivity index (χ2n) is 8.66. The van der Waals surface area contributed by atoms with Gasteiger partial charge in [-0.25, -0.2) is 10.2 Å². The zero-order chi connectivity index (χ0) is 30.7. The summed E-state index contributed by atoms with van der Waals surface area (Å²) in [6.45, 7) is 1.52. The second-order valence-corrected chi connectivity index (χ2v) is 10.8. The van der Waals surface area contributed by atoms with Crippen LogP contribution in [0.2, 0.25) is 0 Å². The maximum Gasteiger partial charge on any atom is 0.296 e. The Labute approximate surface area is 247 Å². The molecule has 0 fully saturated rings. The molecule has 0 radical (unpaired) electrons. The van der Waals surface area contributed by atoms with Crippen LogP contribution in [0.3, 0.4) is 0 Å². The number of allylic oxidation sites excluding steroid dienone is 2. The number of azo groups is 1. The van der Waals surface area contributed by atoms with Gasteiger partial charge in [0.25, 0.3) is 16.0 Å². The van der Waals surface area contributed by atoms with Gasteiger partial charge >= 0.3 is 0 Å². The number of methoxy groups -OCH3 is 1. The maximum absolute atomic E-state index is 13.5. The van der Waals surface area contributed by atoms with Crippen LogP contribution < -0.4 is 10.2 Å². The van der Waals surface area contributed by atoms with Crippen molar-refractivity contribution in [3.8, 4) is 11.8 Å². The smallest absolute Gasteiger partial charge is 0.296 e. The van der Waals surface area contributed by atoms with Crippen LogP contribution >= 0.6 is 12.0 Å². The van der Waals surface area contributed by atoms with Gasteiger partial charge in [0, 0.05) is 16.5 Å². The molecule has 4 aromatic rings. The molecule has 5 rings (SSSR count). The van der Waals surface area contributed by atoms with Gasteiger partial charge in [0.15, 0.2) is 11.5 Å². The Morgan fingerprint density at radius 1 is 1.12 bits per heavy atom. The summed E-state index contributed by atoms with van der Waals surface area (Å²) >= 11 is 0.749. The lowest BCUT2D eigenvalue weighted by Gasteiger charge is -2.18. The van der Waals surface area contributed by atoms with Crippen LogP contribution in [0.1, 0.15) is 17.5 Å². The van der Waals surface area contributed by atoms with Crippen LogP contribution in [0.15, 0.2) is 91.4 Å². The van der Waals surface area contributed by atoms with Gasteiger partial charge in [0.1, 0.15) is 28.0 Å². The Kier molecular flexibility index (Phi) is 8.31. The highest BCUT2D eigenvalue weighted by Crippen LogP contribution is 2.37. The fourth-order valence-electron chi connectivity index (χ4n) is 4.16. The third-order valence-electron chi connectivity index (χ3n) is 6.15. The number of rotatable bonds is 9. The zero-order valence-corrected chi connectivity index (χ0v) is 23.8. The number of benzene rings is 3. The van der Waals surface area contributed by atoms with Crippen molar-refractivity contribution in [1.82, 2.24) is 9.55 Å². The molecule has 43 heavy (non-hydrogen) atoms. The van der Waals surface area contributed by atoms with Crippen LogP contribution in [0.4, 0.5) is 17.1 Å². The van der Waals surface area contributed by atoms with E-state index in [2.05, 4.69) is 41.2 Å². The van der Waals surface area contributed by atoms with Gasteiger partial charge in [-0.1, -0.05) is 17.2 Å². The average Bonchev–Trinajstić information content (AvgIpc) is 3.38. The van der Waals surface area contributed by atoms with Crippen molar-refractivity contribution in [3.63, 3.8) is 0 Å². The lowest BCUT2D eigenvalue weighted by Crippen LogP contribution is -2.30. The molecule has 218 valence electrons. The monoisotopic (exact) mass is 621 g/mol. The molecule has 15 nitrogen and oxygen atoms in total. The molecule has 0 saturated carbocycles. The first kappa shape index (κ1) is 29.5. The molecule has 0 bridgehead atoms. The van der Waals surface area contributed by atoms with E-state index >= 15 is 0 Å². The minimum atomic E-state index is -4.84. The number of hydrogen-bond donors (Lipinski definition) is 3. The third-order valence-corrected chi connectivity index (χ3v) is 7.64. The van der Waals surface area contributed by atoms with E-state index < -0.39 is 20.9 Å². The molecule has 3 aromatic carbocycles. The lowest BCUT2D eigenvalue weighted by atomic mass is 10.0. The van der Waals surface area contributed by atoms with Crippen LogP contribution in [-0.4, -0.2) is 46.5 Å². The van der Waals surface area contributed by atoms with E-state index in [1.807, 2.05) is 0 Å². The molecule has 1 aliphatic heterocycles. The van der Waals surface area contributed by atoms with Crippen molar-refractivity contribution >= 4 is 67.4 Å². The minimum absolute atomic E-state index is 0.0464. The van der Waals surface area contributed by atoms with Gasteiger partial charge in [0.05, 0.1) is 41.6 Å². The summed E-state index contributed by atoms with van der Waals surface area (Å²) in [4.78, 5) is 17.9. The molecule has 0 saturated heterocycles. The molecule has 0 amide bonds. The quantitative estimate of drug-likeness (QED) is 0.0690. The first-order chi connectivity index (χ1) is 20.7. The van der Waals surface area contributed by atoms with Crippen LogP contribution in [0.5, 0.6) is 5.75 Å². The van der Waals surface area contributed by atoms with Crippen LogP contribution in [-0.2, 0) is 19.5 Å². The Morgan fingerprint density at radius 3 is 2.53 bits per heavy atom. The second kappa shape index (κ2) is 12.1. The fraction of sp³-hybridized carbons (Fsp3) is 0.0769. The number of ether oxygens (including phenoxy) is 1. The van der Waals surface area contributed by atoms with E-state index in [-0.39, 0.29) is 39.8 Å². The van der Waals surface area contributed by atoms with Gasteiger partial charge in [0.2, 0.25) is 0 Å². The van der Waals surface area contributed by atoms with Gasteiger partial charge < -0.3 is 4.74 Å². The van der Waals surface area contributed by atoms with Crippen molar-refractivity contribution in [2.24, 2.45) is 15.3 Å². The summed E-state index contributed by atoms with van der Waals surface area (Å²) in [6.07, 6.45) is 0. The summed E-state index contributed by atoms with van der Waals surface area (Å²) < 4.78 is 45.6. The van der Waals surface area contributed by atoms with Gasteiger partial charge in [-0.2, -0.15) is 23.9 Å². The van der Waals surface area contributed by atoms with E-state index in [9.17, 15) is 23.0 Å². The first-order valence-corrected chi connectivity index (χ1v) is 14.2. The Bertz CT molecular complexity index is 2000. The molecule has 1 aromatic heterocycles. The predicted octanol–water partition coefficient (Wildman–Crippen LogP) is 5.55. The summed E-state index contributed by atoms with van der Waals surface area (Å²) in [6, 6.07) is 17.5. The summed E-state index contributed by atoms with van der Waals surface area (Å²) in [7, 11) is -3.53. The highest BCUT2D eigenvalue weighted by molar-refractivity contribution is 7.94. The number of carbonyl (C=O) groups excluding carboxylic acids is 1. The van der Waals surface area contributed by atoms with E-state index in [0.717, 1.165) is 18.1 Å². The van der Waals surface area contributed by atoms with Crippen LogP contribution in [0, 0.1) is 11.3 Å². The molecule has 2 heterocycles. The van der Waals surface area contributed by atoms with Crippen molar-refractivity contribution in [2.75, 3.05) is 12.5 Å². The van der Waals surface area contributed by atoms with Crippen LogP contribution in [0.25, 0.3) is 16.6 Å². The van der Waals surface area contributed by atoms with Crippen molar-refractivity contribution in [2.45, 2.75) is 16.7 Å². The van der Waals surface area contributed by atoms with Gasteiger partial charge in [-0.3, -0.25) is 19.3 Å². The number of fused-ring (bicyclic) bond motifs is 3. The highest BCUT2D eigenvalue weighted by atomic mass is 32.2. The number of nitriles is 1. The SMILES string of the molecule is COc1cc(N/N=C2/C(=O)n3c(nc4ccccc43)C(C#N)=C2C)c(S(=O)(=O)O)cc1N=Nc1ccc(SOOO)cc1. The fourth-order valence-corrected chi connectivity index (χ4v) is 5.16. The lowest BCUT2D eigenvalue weighted by molar-refractivity contribution is -0.432. The van der Waals surface area contributed by atoms with E-state index in [1.54, 1.807) is 48.5 Å². The number of aromatic nitrogens is 2. The molecule has 17 heteroatoms. The molecule has 0 aliphatic carbocycles. The molecule has 0 unspecified atom stereocenters. The topological polar surface area (TPSA) is 210 Å².